The Morgan fingerprint density at radius 3 is 2.95 bits per heavy atom. The molecular weight excluding hydrogens is 232 g/mol. The molecule has 2 aromatic rings. The zero-order valence-electron chi connectivity index (χ0n) is 11.8. The Hall–Kier alpha value is -1.28. The predicted octanol–water partition coefficient (Wildman–Crippen LogP) is 4.06. The van der Waals surface area contributed by atoms with Gasteiger partial charge in [0.2, 0.25) is 0 Å². The minimum absolute atomic E-state index is 0.582. The van der Waals surface area contributed by atoms with Gasteiger partial charge in [0, 0.05) is 23.1 Å². The summed E-state index contributed by atoms with van der Waals surface area (Å²) in [6.45, 7) is 7.25. The molecule has 19 heavy (non-hydrogen) atoms. The van der Waals surface area contributed by atoms with Gasteiger partial charge in [0.15, 0.2) is 0 Å². The number of hydrogen-bond donors (Lipinski definition) is 1. The van der Waals surface area contributed by atoms with Crippen LogP contribution < -0.4 is 0 Å². The van der Waals surface area contributed by atoms with Crippen molar-refractivity contribution < 1.29 is 0 Å². The monoisotopic (exact) mass is 254 g/mol. The number of aromatic nitrogens is 1. The first-order valence-electron chi connectivity index (χ1n) is 7.60. The smallest absolute Gasteiger partial charge is 0.0524 e. The molecule has 2 nitrogen and oxygen atoms in total. The van der Waals surface area contributed by atoms with Crippen molar-refractivity contribution in [3.8, 4) is 0 Å². The molecule has 1 saturated heterocycles. The Labute approximate surface area is 114 Å². The molecule has 1 aromatic carbocycles. The van der Waals surface area contributed by atoms with Crippen LogP contribution in [0.5, 0.6) is 0 Å². The highest BCUT2D eigenvalue weighted by molar-refractivity contribution is 5.85. The number of aromatic amines is 1. The van der Waals surface area contributed by atoms with Crippen molar-refractivity contribution in [3.05, 3.63) is 35.5 Å². The molecular formula is C17H22N2. The lowest BCUT2D eigenvalue weighted by molar-refractivity contribution is 0.0967. The summed E-state index contributed by atoms with van der Waals surface area (Å²) >= 11 is 0. The van der Waals surface area contributed by atoms with Gasteiger partial charge in [0.05, 0.1) is 6.04 Å². The summed E-state index contributed by atoms with van der Waals surface area (Å²) in [7, 11) is 0. The zero-order chi connectivity index (χ0) is 13.0. The van der Waals surface area contributed by atoms with Crippen LogP contribution in [0.1, 0.15) is 49.9 Å². The first-order valence-corrected chi connectivity index (χ1v) is 7.60. The fourth-order valence-corrected chi connectivity index (χ4v) is 4.29. The highest BCUT2D eigenvalue weighted by Crippen LogP contribution is 2.46. The van der Waals surface area contributed by atoms with Crippen molar-refractivity contribution in [2.75, 3.05) is 13.1 Å². The summed E-state index contributed by atoms with van der Waals surface area (Å²) in [6.07, 6.45) is 2.71. The number of para-hydroxylation sites is 1. The van der Waals surface area contributed by atoms with Crippen LogP contribution in [-0.4, -0.2) is 23.0 Å². The van der Waals surface area contributed by atoms with Gasteiger partial charge in [-0.25, -0.2) is 0 Å². The van der Waals surface area contributed by atoms with Crippen LogP contribution in [0.4, 0.5) is 0 Å². The molecule has 3 atom stereocenters. The molecule has 2 aliphatic rings. The quantitative estimate of drug-likeness (QED) is 0.813. The first-order chi connectivity index (χ1) is 9.25. The molecule has 4 rings (SSSR count). The Bertz CT molecular complexity index is 611. The van der Waals surface area contributed by atoms with E-state index in [1.165, 1.54) is 42.5 Å². The van der Waals surface area contributed by atoms with Crippen molar-refractivity contribution >= 4 is 10.9 Å². The molecule has 2 aliphatic heterocycles. The van der Waals surface area contributed by atoms with E-state index in [-0.39, 0.29) is 0 Å². The first kappa shape index (κ1) is 11.5. The van der Waals surface area contributed by atoms with E-state index >= 15 is 0 Å². The molecule has 0 saturated carbocycles. The molecule has 0 spiro atoms. The van der Waals surface area contributed by atoms with Crippen LogP contribution in [0.15, 0.2) is 24.3 Å². The second-order valence-corrected chi connectivity index (χ2v) is 6.52. The van der Waals surface area contributed by atoms with E-state index < -0.39 is 0 Å². The van der Waals surface area contributed by atoms with Gasteiger partial charge in [-0.1, -0.05) is 32.0 Å². The van der Waals surface area contributed by atoms with E-state index in [4.69, 9.17) is 0 Å². The van der Waals surface area contributed by atoms with Gasteiger partial charge in [-0.15, -0.1) is 0 Å². The van der Waals surface area contributed by atoms with Gasteiger partial charge in [-0.05, 0) is 42.9 Å². The summed E-state index contributed by atoms with van der Waals surface area (Å²) in [6, 6.07) is 9.42. The van der Waals surface area contributed by atoms with Crippen molar-refractivity contribution in [1.82, 2.24) is 9.88 Å². The summed E-state index contributed by atoms with van der Waals surface area (Å²) in [5.41, 5.74) is 4.46. The minimum atomic E-state index is 0.582. The fraction of sp³-hybridized carbons (Fsp3) is 0.529. The van der Waals surface area contributed by atoms with Crippen molar-refractivity contribution in [2.45, 2.75) is 38.6 Å². The van der Waals surface area contributed by atoms with Crippen LogP contribution in [0.25, 0.3) is 10.9 Å². The Kier molecular flexibility index (Phi) is 2.49. The molecule has 1 aromatic heterocycles. The Morgan fingerprint density at radius 1 is 1.26 bits per heavy atom. The molecule has 1 N–H and O–H groups in total. The SMILES string of the molecule is CC(C)[C@@H]1c2[nH]c3ccccc3c2[C@H]2CCCN1C2. The van der Waals surface area contributed by atoms with Gasteiger partial charge in [-0.2, -0.15) is 0 Å². The van der Waals surface area contributed by atoms with E-state index in [9.17, 15) is 0 Å². The standard InChI is InChI=1S/C17H22N2/c1-11(2)17-16-15(12-6-5-9-19(17)10-12)13-7-3-4-8-14(13)18-16/h3-4,7-8,11-12,17-18H,5-6,9-10H2,1-2H3/t12-,17+/m0/s1. The second kappa shape index (κ2) is 4.11. The molecule has 1 unspecified atom stereocenters. The number of fused-ring (bicyclic) bond motifs is 6. The van der Waals surface area contributed by atoms with Gasteiger partial charge in [-0.3, -0.25) is 4.90 Å². The summed E-state index contributed by atoms with van der Waals surface area (Å²) in [4.78, 5) is 6.44. The number of H-pyrrole nitrogens is 1. The molecule has 1 fully saturated rings. The number of hydrogen-bond acceptors (Lipinski definition) is 1. The lowest BCUT2D eigenvalue weighted by Crippen LogP contribution is -2.43. The number of nitrogens with one attached hydrogen (secondary N) is 1. The largest absolute Gasteiger partial charge is 0.357 e. The molecule has 2 bridgehead atoms. The van der Waals surface area contributed by atoms with E-state index in [0.717, 1.165) is 5.92 Å². The van der Waals surface area contributed by atoms with E-state index in [2.05, 4.69) is 48.0 Å². The highest BCUT2D eigenvalue weighted by atomic mass is 15.2. The lowest BCUT2D eigenvalue weighted by Gasteiger charge is -2.45. The normalized spacial score (nSPS) is 29.7. The van der Waals surface area contributed by atoms with E-state index in [0.29, 0.717) is 12.0 Å². The van der Waals surface area contributed by atoms with Gasteiger partial charge >= 0.3 is 0 Å². The van der Waals surface area contributed by atoms with Gasteiger partial charge in [0.25, 0.3) is 0 Å². The topological polar surface area (TPSA) is 19.0 Å². The third kappa shape index (κ3) is 1.59. The van der Waals surface area contributed by atoms with Crippen molar-refractivity contribution in [3.63, 3.8) is 0 Å². The number of piperidine rings is 1. The maximum atomic E-state index is 3.73. The van der Waals surface area contributed by atoms with Crippen LogP contribution >= 0.6 is 0 Å². The summed E-state index contributed by atoms with van der Waals surface area (Å²) in [5.74, 6) is 1.42. The molecule has 3 heterocycles. The molecule has 100 valence electrons. The van der Waals surface area contributed by atoms with Crippen molar-refractivity contribution in [2.24, 2.45) is 5.92 Å². The van der Waals surface area contributed by atoms with Crippen molar-refractivity contribution in [1.29, 1.82) is 0 Å². The number of nitrogens with zero attached hydrogens (tertiary/aromatic N) is 1. The molecule has 0 amide bonds. The average Bonchev–Trinajstić information content (AvgIpc) is 2.77. The predicted molar refractivity (Wildman–Crippen MR) is 79.4 cm³/mol. The van der Waals surface area contributed by atoms with Gasteiger partial charge in [0.1, 0.15) is 0 Å². The second-order valence-electron chi connectivity index (χ2n) is 6.52. The Morgan fingerprint density at radius 2 is 2.11 bits per heavy atom. The van der Waals surface area contributed by atoms with Crippen LogP contribution in [0.2, 0.25) is 0 Å². The summed E-state index contributed by atoms with van der Waals surface area (Å²) < 4.78 is 0. The number of rotatable bonds is 1. The molecule has 2 heteroatoms. The maximum Gasteiger partial charge on any atom is 0.0524 e. The lowest BCUT2D eigenvalue weighted by atomic mass is 9.79. The minimum Gasteiger partial charge on any atom is -0.357 e. The summed E-state index contributed by atoms with van der Waals surface area (Å²) in [5, 5.41) is 1.47. The van der Waals surface area contributed by atoms with Gasteiger partial charge < -0.3 is 4.98 Å². The highest BCUT2D eigenvalue weighted by Gasteiger charge is 2.39. The van der Waals surface area contributed by atoms with Crippen LogP contribution in [0, 0.1) is 5.92 Å². The zero-order valence-corrected chi connectivity index (χ0v) is 11.8. The molecule has 0 radical (unpaired) electrons. The number of benzene rings is 1. The fourth-order valence-electron chi connectivity index (χ4n) is 4.29. The van der Waals surface area contributed by atoms with E-state index in [1.54, 1.807) is 5.56 Å². The van der Waals surface area contributed by atoms with Crippen LogP contribution in [-0.2, 0) is 0 Å². The van der Waals surface area contributed by atoms with Crippen LogP contribution in [0.3, 0.4) is 0 Å². The third-order valence-electron chi connectivity index (χ3n) is 4.96. The third-order valence-corrected chi connectivity index (χ3v) is 4.96. The Balaban J connectivity index is 1.98. The maximum absolute atomic E-state index is 3.73. The average molecular weight is 254 g/mol. The van der Waals surface area contributed by atoms with E-state index in [1.807, 2.05) is 0 Å². The molecule has 0 aliphatic carbocycles.